The Bertz CT molecular complexity index is 589. The van der Waals surface area contributed by atoms with Gasteiger partial charge in [-0.05, 0) is 30.9 Å². The van der Waals surface area contributed by atoms with E-state index in [1.54, 1.807) is 0 Å². The molecule has 0 saturated carbocycles. The summed E-state index contributed by atoms with van der Waals surface area (Å²) < 4.78 is 0. The van der Waals surface area contributed by atoms with Crippen LogP contribution in [0.1, 0.15) is 31.7 Å². The van der Waals surface area contributed by atoms with Gasteiger partial charge >= 0.3 is 0 Å². The minimum Gasteiger partial charge on any atom is -0.346 e. The SMILES string of the molecule is CC1CCCCN(C)C1=O.Cc1ccc(-c2ccccc2)cc1. The Morgan fingerprint density at radius 1 is 0.913 bits per heavy atom. The van der Waals surface area contributed by atoms with Crippen molar-refractivity contribution in [1.82, 2.24) is 4.90 Å². The number of nitrogens with zero attached hydrogens (tertiary/aromatic N) is 1. The lowest BCUT2D eigenvalue weighted by Gasteiger charge is -2.16. The molecule has 0 N–H and O–H groups in total. The number of aryl methyl sites for hydroxylation is 1. The molecule has 1 saturated heterocycles. The van der Waals surface area contributed by atoms with Crippen molar-refractivity contribution in [3.05, 3.63) is 60.2 Å². The summed E-state index contributed by atoms with van der Waals surface area (Å²) in [4.78, 5) is 13.1. The second-order valence-electron chi connectivity index (χ2n) is 6.39. The van der Waals surface area contributed by atoms with E-state index in [4.69, 9.17) is 0 Å². The van der Waals surface area contributed by atoms with Crippen LogP contribution in [0, 0.1) is 12.8 Å². The van der Waals surface area contributed by atoms with Crippen molar-refractivity contribution in [3.63, 3.8) is 0 Å². The first-order chi connectivity index (χ1) is 11.1. The quantitative estimate of drug-likeness (QED) is 0.731. The molecule has 0 aromatic heterocycles. The molecule has 1 heterocycles. The van der Waals surface area contributed by atoms with Crippen molar-refractivity contribution in [2.24, 2.45) is 5.92 Å². The van der Waals surface area contributed by atoms with E-state index in [-0.39, 0.29) is 5.92 Å². The van der Waals surface area contributed by atoms with Crippen LogP contribution in [-0.4, -0.2) is 24.4 Å². The zero-order valence-corrected chi connectivity index (χ0v) is 14.5. The van der Waals surface area contributed by atoms with Gasteiger partial charge in [0.15, 0.2) is 0 Å². The van der Waals surface area contributed by atoms with Gasteiger partial charge in [-0.25, -0.2) is 0 Å². The molecule has 0 spiro atoms. The van der Waals surface area contributed by atoms with Gasteiger partial charge < -0.3 is 4.90 Å². The molecule has 3 rings (SSSR count). The van der Waals surface area contributed by atoms with Crippen molar-refractivity contribution < 1.29 is 4.79 Å². The third kappa shape index (κ3) is 5.24. The molecular formula is C21H27NO. The van der Waals surface area contributed by atoms with Crippen LogP contribution in [0.15, 0.2) is 54.6 Å². The van der Waals surface area contributed by atoms with Crippen LogP contribution in [0.2, 0.25) is 0 Å². The lowest BCUT2D eigenvalue weighted by Crippen LogP contribution is -2.29. The molecule has 122 valence electrons. The Labute approximate surface area is 140 Å². The van der Waals surface area contributed by atoms with Crippen molar-refractivity contribution >= 4 is 5.91 Å². The van der Waals surface area contributed by atoms with Crippen LogP contribution >= 0.6 is 0 Å². The zero-order chi connectivity index (χ0) is 16.7. The fourth-order valence-corrected chi connectivity index (χ4v) is 2.79. The van der Waals surface area contributed by atoms with E-state index in [1.807, 2.05) is 24.9 Å². The van der Waals surface area contributed by atoms with Crippen molar-refractivity contribution in [1.29, 1.82) is 0 Å². The number of carbonyl (C=O) groups is 1. The number of amides is 1. The first-order valence-corrected chi connectivity index (χ1v) is 8.45. The minimum absolute atomic E-state index is 0.257. The van der Waals surface area contributed by atoms with Gasteiger partial charge in [0, 0.05) is 19.5 Å². The first kappa shape index (κ1) is 17.3. The summed E-state index contributed by atoms with van der Waals surface area (Å²) >= 11 is 0. The molecule has 23 heavy (non-hydrogen) atoms. The van der Waals surface area contributed by atoms with Gasteiger partial charge in [-0.2, -0.15) is 0 Å². The van der Waals surface area contributed by atoms with Gasteiger partial charge in [0.05, 0.1) is 0 Å². The van der Waals surface area contributed by atoms with E-state index < -0.39 is 0 Å². The van der Waals surface area contributed by atoms with Crippen LogP contribution in [-0.2, 0) is 4.79 Å². The number of benzene rings is 2. The molecule has 0 aliphatic carbocycles. The second kappa shape index (κ2) is 8.52. The highest BCUT2D eigenvalue weighted by Crippen LogP contribution is 2.18. The maximum absolute atomic E-state index is 11.3. The number of hydrogen-bond acceptors (Lipinski definition) is 1. The summed E-state index contributed by atoms with van der Waals surface area (Å²) in [6.45, 7) is 5.07. The Morgan fingerprint density at radius 3 is 2.17 bits per heavy atom. The number of carbonyl (C=O) groups excluding carboxylic acids is 1. The fraction of sp³-hybridized carbons (Fsp3) is 0.381. The highest BCUT2D eigenvalue weighted by molar-refractivity contribution is 5.78. The van der Waals surface area contributed by atoms with E-state index in [0.29, 0.717) is 5.91 Å². The van der Waals surface area contributed by atoms with Crippen molar-refractivity contribution in [2.45, 2.75) is 33.1 Å². The van der Waals surface area contributed by atoms with Crippen molar-refractivity contribution in [2.75, 3.05) is 13.6 Å². The monoisotopic (exact) mass is 309 g/mol. The zero-order valence-electron chi connectivity index (χ0n) is 14.5. The summed E-state index contributed by atoms with van der Waals surface area (Å²) in [6, 6.07) is 19.0. The molecule has 2 heteroatoms. The largest absolute Gasteiger partial charge is 0.346 e. The Kier molecular flexibility index (Phi) is 6.40. The molecule has 1 aliphatic heterocycles. The topological polar surface area (TPSA) is 20.3 Å². The highest BCUT2D eigenvalue weighted by Gasteiger charge is 2.19. The molecule has 1 aliphatic rings. The number of rotatable bonds is 1. The lowest BCUT2D eigenvalue weighted by atomic mass is 10.0. The van der Waals surface area contributed by atoms with Crippen LogP contribution in [0.5, 0.6) is 0 Å². The highest BCUT2D eigenvalue weighted by atomic mass is 16.2. The third-order valence-electron chi connectivity index (χ3n) is 4.34. The van der Waals surface area contributed by atoms with E-state index in [9.17, 15) is 4.79 Å². The average molecular weight is 309 g/mol. The minimum atomic E-state index is 0.257. The summed E-state index contributed by atoms with van der Waals surface area (Å²) in [6.07, 6.45) is 3.45. The summed E-state index contributed by atoms with van der Waals surface area (Å²) in [5.74, 6) is 0.574. The van der Waals surface area contributed by atoms with Gasteiger partial charge in [0.2, 0.25) is 5.91 Å². The van der Waals surface area contributed by atoms with Gasteiger partial charge in [0.25, 0.3) is 0 Å². The molecule has 0 radical (unpaired) electrons. The third-order valence-corrected chi connectivity index (χ3v) is 4.34. The summed E-state index contributed by atoms with van der Waals surface area (Å²) in [5, 5.41) is 0. The number of hydrogen-bond donors (Lipinski definition) is 0. The predicted molar refractivity (Wildman–Crippen MR) is 97.3 cm³/mol. The molecule has 1 amide bonds. The van der Waals surface area contributed by atoms with Crippen LogP contribution in [0.25, 0.3) is 11.1 Å². The Hall–Kier alpha value is -2.09. The molecule has 2 aromatic rings. The molecule has 2 aromatic carbocycles. The molecule has 1 unspecified atom stereocenters. The molecule has 2 nitrogen and oxygen atoms in total. The van der Waals surface area contributed by atoms with Crippen LogP contribution in [0.4, 0.5) is 0 Å². The molecule has 1 atom stereocenters. The summed E-state index contributed by atoms with van der Waals surface area (Å²) in [5.41, 5.74) is 3.87. The molecule has 1 fully saturated rings. The standard InChI is InChI=1S/C13H12.C8H15NO/c1-11-7-9-13(10-8-11)12-5-3-2-4-6-12;1-7-5-3-4-6-9(2)8(7)10/h2-10H,1H3;7H,3-6H2,1-2H3. The van der Waals surface area contributed by atoms with E-state index in [1.165, 1.54) is 29.5 Å². The molecule has 0 bridgehead atoms. The Balaban J connectivity index is 0.000000174. The summed E-state index contributed by atoms with van der Waals surface area (Å²) in [7, 11) is 1.89. The van der Waals surface area contributed by atoms with E-state index in [2.05, 4.69) is 55.5 Å². The average Bonchev–Trinajstić information content (AvgIpc) is 2.72. The van der Waals surface area contributed by atoms with Crippen molar-refractivity contribution in [3.8, 4) is 11.1 Å². The van der Waals surface area contributed by atoms with Gasteiger partial charge in [-0.3, -0.25) is 4.79 Å². The Morgan fingerprint density at radius 2 is 1.52 bits per heavy atom. The first-order valence-electron chi connectivity index (χ1n) is 8.45. The molecular weight excluding hydrogens is 282 g/mol. The second-order valence-corrected chi connectivity index (χ2v) is 6.39. The van der Waals surface area contributed by atoms with Gasteiger partial charge in [0.1, 0.15) is 0 Å². The fourth-order valence-electron chi connectivity index (χ4n) is 2.79. The van der Waals surface area contributed by atoms with E-state index >= 15 is 0 Å². The number of likely N-dealkylation sites (tertiary alicyclic amines) is 1. The van der Waals surface area contributed by atoms with E-state index in [0.717, 1.165) is 13.0 Å². The lowest BCUT2D eigenvalue weighted by molar-refractivity contribution is -0.133. The van der Waals surface area contributed by atoms with Gasteiger partial charge in [-0.15, -0.1) is 0 Å². The maximum atomic E-state index is 11.3. The normalized spacial score (nSPS) is 18.0. The van der Waals surface area contributed by atoms with Gasteiger partial charge in [-0.1, -0.05) is 73.5 Å². The van der Waals surface area contributed by atoms with Crippen LogP contribution in [0.3, 0.4) is 0 Å². The van der Waals surface area contributed by atoms with Crippen LogP contribution < -0.4 is 0 Å². The predicted octanol–water partition coefficient (Wildman–Crippen LogP) is 4.93. The maximum Gasteiger partial charge on any atom is 0.225 e. The smallest absolute Gasteiger partial charge is 0.225 e.